The zero-order chi connectivity index (χ0) is 17.8. The molecule has 26 heavy (non-hydrogen) atoms. The highest BCUT2D eigenvalue weighted by Crippen LogP contribution is 2.27. The number of ether oxygens (including phenoxy) is 1. The number of amides is 1. The molecule has 3 aromatic rings. The Morgan fingerprint density at radius 1 is 0.962 bits per heavy atom. The molecule has 0 radical (unpaired) electrons. The minimum atomic E-state index is 0.00956. The minimum Gasteiger partial charge on any atom is -0.457 e. The van der Waals surface area contributed by atoms with Crippen LogP contribution in [0.15, 0.2) is 66.2 Å². The average Bonchev–Trinajstić information content (AvgIpc) is 3.24. The van der Waals surface area contributed by atoms with Gasteiger partial charge < -0.3 is 14.5 Å². The molecule has 5 nitrogen and oxygen atoms in total. The van der Waals surface area contributed by atoms with E-state index >= 15 is 0 Å². The zero-order valence-corrected chi connectivity index (χ0v) is 15.1. The fourth-order valence-corrected chi connectivity index (χ4v) is 3.69. The van der Waals surface area contributed by atoms with Gasteiger partial charge in [0.25, 0.3) is 5.91 Å². The van der Waals surface area contributed by atoms with E-state index in [4.69, 9.17) is 4.74 Å². The van der Waals surface area contributed by atoms with Crippen LogP contribution in [0.5, 0.6) is 11.5 Å². The second-order valence-electron chi connectivity index (χ2n) is 6.01. The van der Waals surface area contributed by atoms with E-state index in [1.165, 1.54) is 0 Å². The van der Waals surface area contributed by atoms with Crippen molar-refractivity contribution in [2.24, 2.45) is 0 Å². The van der Waals surface area contributed by atoms with Crippen LogP contribution in [0, 0.1) is 0 Å². The number of anilines is 1. The van der Waals surface area contributed by atoms with Gasteiger partial charge in [0.05, 0.1) is 5.56 Å². The molecule has 0 atom stereocenters. The number of aromatic nitrogens is 1. The molecule has 0 aliphatic carbocycles. The summed E-state index contributed by atoms with van der Waals surface area (Å²) in [5, 5.41) is 2.99. The maximum Gasteiger partial charge on any atom is 0.257 e. The van der Waals surface area contributed by atoms with Crippen LogP contribution in [0.4, 0.5) is 5.13 Å². The van der Waals surface area contributed by atoms with E-state index in [9.17, 15) is 4.79 Å². The lowest BCUT2D eigenvalue weighted by atomic mass is 10.1. The number of hydrogen-bond donors (Lipinski definition) is 0. The van der Waals surface area contributed by atoms with Crippen molar-refractivity contribution in [3.8, 4) is 11.5 Å². The Morgan fingerprint density at radius 2 is 1.69 bits per heavy atom. The van der Waals surface area contributed by atoms with E-state index in [2.05, 4.69) is 9.88 Å². The molecule has 0 unspecified atom stereocenters. The molecule has 0 spiro atoms. The summed E-state index contributed by atoms with van der Waals surface area (Å²) in [4.78, 5) is 21.5. The standard InChI is InChI=1S/C20H19N3O2S/c24-19(22-11-13-23(14-12-22)20-21-10-15-26-20)17-8-4-5-9-18(17)25-16-6-2-1-3-7-16/h1-10,15H,11-14H2. The van der Waals surface area contributed by atoms with Gasteiger partial charge in [-0.3, -0.25) is 4.79 Å². The van der Waals surface area contributed by atoms with Gasteiger partial charge in [-0.05, 0) is 24.3 Å². The number of rotatable bonds is 4. The van der Waals surface area contributed by atoms with E-state index in [1.54, 1.807) is 11.3 Å². The smallest absolute Gasteiger partial charge is 0.257 e. The van der Waals surface area contributed by atoms with Crippen LogP contribution in [-0.2, 0) is 0 Å². The van der Waals surface area contributed by atoms with Crippen molar-refractivity contribution in [1.29, 1.82) is 0 Å². The van der Waals surface area contributed by atoms with Crippen molar-refractivity contribution < 1.29 is 9.53 Å². The molecule has 1 amide bonds. The van der Waals surface area contributed by atoms with E-state index in [-0.39, 0.29) is 5.91 Å². The number of nitrogens with zero attached hydrogens (tertiary/aromatic N) is 3. The van der Waals surface area contributed by atoms with Gasteiger partial charge in [-0.1, -0.05) is 30.3 Å². The predicted molar refractivity (Wildman–Crippen MR) is 103 cm³/mol. The SMILES string of the molecule is O=C(c1ccccc1Oc1ccccc1)N1CCN(c2nccs2)CC1. The average molecular weight is 365 g/mol. The fraction of sp³-hybridized carbons (Fsp3) is 0.200. The molecule has 1 aliphatic heterocycles. The third-order valence-electron chi connectivity index (χ3n) is 4.35. The summed E-state index contributed by atoms with van der Waals surface area (Å²) < 4.78 is 5.94. The first kappa shape index (κ1) is 16.6. The zero-order valence-electron chi connectivity index (χ0n) is 14.2. The van der Waals surface area contributed by atoms with Gasteiger partial charge in [0, 0.05) is 37.8 Å². The number of carbonyl (C=O) groups is 1. The van der Waals surface area contributed by atoms with Crippen LogP contribution >= 0.6 is 11.3 Å². The van der Waals surface area contributed by atoms with Crippen molar-refractivity contribution in [2.45, 2.75) is 0 Å². The van der Waals surface area contributed by atoms with Gasteiger partial charge in [-0.15, -0.1) is 11.3 Å². The third-order valence-corrected chi connectivity index (χ3v) is 5.18. The van der Waals surface area contributed by atoms with E-state index in [1.807, 2.05) is 71.1 Å². The number of piperazine rings is 1. The minimum absolute atomic E-state index is 0.00956. The first-order valence-electron chi connectivity index (χ1n) is 8.57. The highest BCUT2D eigenvalue weighted by molar-refractivity contribution is 7.13. The molecule has 0 bridgehead atoms. The van der Waals surface area contributed by atoms with Crippen LogP contribution < -0.4 is 9.64 Å². The summed E-state index contributed by atoms with van der Waals surface area (Å²) in [5.74, 6) is 1.32. The summed E-state index contributed by atoms with van der Waals surface area (Å²) in [6.07, 6.45) is 1.81. The van der Waals surface area contributed by atoms with Crippen LogP contribution in [-0.4, -0.2) is 42.0 Å². The second kappa shape index (κ2) is 7.58. The van der Waals surface area contributed by atoms with Crippen molar-refractivity contribution in [1.82, 2.24) is 9.88 Å². The maximum absolute atomic E-state index is 13.0. The molecule has 1 aromatic heterocycles. The molecule has 2 aromatic carbocycles. The van der Waals surface area contributed by atoms with Crippen molar-refractivity contribution in [2.75, 3.05) is 31.1 Å². The summed E-state index contributed by atoms with van der Waals surface area (Å²) in [6.45, 7) is 2.94. The quantitative estimate of drug-likeness (QED) is 0.703. The maximum atomic E-state index is 13.0. The van der Waals surface area contributed by atoms with Crippen LogP contribution in [0.3, 0.4) is 0 Å². The summed E-state index contributed by atoms with van der Waals surface area (Å²) in [6, 6.07) is 17.0. The van der Waals surface area contributed by atoms with E-state index < -0.39 is 0 Å². The molecular weight excluding hydrogens is 346 g/mol. The largest absolute Gasteiger partial charge is 0.457 e. The Kier molecular flexibility index (Phi) is 4.84. The van der Waals surface area contributed by atoms with Crippen LogP contribution in [0.1, 0.15) is 10.4 Å². The Labute approximate surface area is 156 Å². The first-order valence-corrected chi connectivity index (χ1v) is 9.45. The van der Waals surface area contributed by atoms with Crippen molar-refractivity contribution in [3.05, 3.63) is 71.7 Å². The molecule has 1 aliphatic rings. The third kappa shape index (κ3) is 3.55. The number of thiazole rings is 1. The number of carbonyl (C=O) groups excluding carboxylic acids is 1. The molecular formula is C20H19N3O2S. The van der Waals surface area contributed by atoms with E-state index in [0.29, 0.717) is 24.4 Å². The monoisotopic (exact) mass is 365 g/mol. The highest BCUT2D eigenvalue weighted by atomic mass is 32.1. The lowest BCUT2D eigenvalue weighted by Gasteiger charge is -2.34. The Balaban J connectivity index is 1.47. The van der Waals surface area contributed by atoms with Crippen molar-refractivity contribution in [3.63, 3.8) is 0 Å². The molecule has 0 saturated carbocycles. The molecule has 1 fully saturated rings. The Bertz CT molecular complexity index is 860. The Hall–Kier alpha value is -2.86. The van der Waals surface area contributed by atoms with Gasteiger partial charge in [0.15, 0.2) is 5.13 Å². The molecule has 4 rings (SSSR count). The van der Waals surface area contributed by atoms with Gasteiger partial charge in [-0.25, -0.2) is 4.98 Å². The van der Waals surface area contributed by atoms with E-state index in [0.717, 1.165) is 24.0 Å². The molecule has 2 heterocycles. The highest BCUT2D eigenvalue weighted by Gasteiger charge is 2.25. The van der Waals surface area contributed by atoms with Gasteiger partial charge in [-0.2, -0.15) is 0 Å². The van der Waals surface area contributed by atoms with Gasteiger partial charge in [0.2, 0.25) is 0 Å². The number of hydrogen-bond acceptors (Lipinski definition) is 5. The molecule has 0 N–H and O–H groups in total. The Morgan fingerprint density at radius 3 is 2.42 bits per heavy atom. The normalized spacial score (nSPS) is 14.3. The topological polar surface area (TPSA) is 45.7 Å². The fourth-order valence-electron chi connectivity index (χ4n) is 2.99. The van der Waals surface area contributed by atoms with Crippen molar-refractivity contribution >= 4 is 22.4 Å². The summed E-state index contributed by atoms with van der Waals surface area (Å²) in [5.41, 5.74) is 0.596. The first-order chi connectivity index (χ1) is 12.8. The molecule has 132 valence electrons. The predicted octanol–water partition coefficient (Wildman–Crippen LogP) is 3.90. The number of para-hydroxylation sites is 2. The lowest BCUT2D eigenvalue weighted by molar-refractivity contribution is 0.0744. The number of benzene rings is 2. The van der Waals surface area contributed by atoms with Gasteiger partial charge >= 0.3 is 0 Å². The molecule has 6 heteroatoms. The van der Waals surface area contributed by atoms with Gasteiger partial charge in [0.1, 0.15) is 11.5 Å². The lowest BCUT2D eigenvalue weighted by Crippen LogP contribution is -2.48. The molecule has 1 saturated heterocycles. The summed E-state index contributed by atoms with van der Waals surface area (Å²) in [7, 11) is 0. The second-order valence-corrected chi connectivity index (χ2v) is 6.88. The van der Waals surface area contributed by atoms with Crippen LogP contribution in [0.25, 0.3) is 0 Å². The summed E-state index contributed by atoms with van der Waals surface area (Å²) >= 11 is 1.63. The van der Waals surface area contributed by atoms with Crippen LogP contribution in [0.2, 0.25) is 0 Å².